The number of nitrogens with zero attached hydrogens (tertiary/aromatic N) is 3. The summed E-state index contributed by atoms with van der Waals surface area (Å²) in [4.78, 5) is 49.3. The maximum absolute atomic E-state index is 14.9. The molecule has 1 spiro atoms. The van der Waals surface area contributed by atoms with Gasteiger partial charge in [0.05, 0.1) is 47.4 Å². The Morgan fingerprint density at radius 1 is 0.978 bits per heavy atom. The smallest absolute Gasteiger partial charge is 0.253 e. The largest absolute Gasteiger partial charge is 0.494 e. The molecule has 2 fully saturated rings. The van der Waals surface area contributed by atoms with E-state index in [0.29, 0.717) is 41.7 Å². The lowest BCUT2D eigenvalue weighted by Gasteiger charge is -2.41. The molecule has 1 N–H and O–H groups in total. The van der Waals surface area contributed by atoms with Crippen LogP contribution in [0.15, 0.2) is 66.8 Å². The van der Waals surface area contributed by atoms with Crippen LogP contribution in [0, 0.1) is 24.7 Å². The summed E-state index contributed by atoms with van der Waals surface area (Å²) in [6, 6.07) is 11.0. The number of anilines is 2. The van der Waals surface area contributed by atoms with Crippen molar-refractivity contribution >= 4 is 40.7 Å². The van der Waals surface area contributed by atoms with Gasteiger partial charge in [0.25, 0.3) is 5.91 Å². The molecular weight excluding hydrogens is 606 g/mol. The van der Waals surface area contributed by atoms with Crippen LogP contribution in [-0.2, 0) is 19.1 Å². The zero-order chi connectivity index (χ0) is 33.0. The Hall–Kier alpha value is -3.66. The van der Waals surface area contributed by atoms with Gasteiger partial charge in [-0.2, -0.15) is 0 Å². The van der Waals surface area contributed by atoms with E-state index < -0.39 is 35.1 Å². The topological polar surface area (TPSA) is 99.6 Å². The molecule has 4 heterocycles. The lowest BCUT2D eigenvalue weighted by atomic mass is 9.74. The number of carbonyl (C=O) groups excluding carboxylic acids is 3. The zero-order valence-electron chi connectivity index (χ0n) is 27.0. The van der Waals surface area contributed by atoms with Crippen LogP contribution in [0.2, 0.25) is 5.02 Å². The fourth-order valence-corrected chi connectivity index (χ4v) is 8.24. The summed E-state index contributed by atoms with van der Waals surface area (Å²) in [5, 5.41) is 11.1. The molecule has 0 aliphatic carbocycles. The zero-order valence-corrected chi connectivity index (χ0v) is 27.7. The first-order valence-corrected chi connectivity index (χ1v) is 16.5. The molecule has 4 aliphatic heterocycles. The van der Waals surface area contributed by atoms with Gasteiger partial charge >= 0.3 is 0 Å². The van der Waals surface area contributed by atoms with E-state index in [-0.39, 0.29) is 36.8 Å². The van der Waals surface area contributed by atoms with E-state index in [0.717, 1.165) is 5.56 Å². The second kappa shape index (κ2) is 12.2. The predicted octanol–water partition coefficient (Wildman–Crippen LogP) is 4.93. The van der Waals surface area contributed by atoms with Gasteiger partial charge in [-0.05, 0) is 62.6 Å². The summed E-state index contributed by atoms with van der Waals surface area (Å²) >= 11 is 6.69. The van der Waals surface area contributed by atoms with Gasteiger partial charge in [0.2, 0.25) is 11.8 Å². The molecule has 7 atom stereocenters. The van der Waals surface area contributed by atoms with E-state index in [1.54, 1.807) is 15.9 Å². The highest BCUT2D eigenvalue weighted by Crippen LogP contribution is 2.58. The second-order valence-electron chi connectivity index (χ2n) is 12.9. The molecule has 2 aromatic carbocycles. The first kappa shape index (κ1) is 32.3. The van der Waals surface area contributed by atoms with Crippen LogP contribution in [0.25, 0.3) is 0 Å². The SMILES string of the molecule is CCOc1ccc(N2CC=C[C@@]3(C)O[C@]45C=CCN(c6c(C)cccc6Cl)C(=O)C4N([C@@H](CO)[C@@H](C)CC)C(=O)[C@@H]5[C@H]3C2=O)cc1. The molecule has 4 aliphatic rings. The molecular formula is C36H42ClN3O6. The molecule has 10 heteroatoms. The molecule has 0 bridgehead atoms. The summed E-state index contributed by atoms with van der Waals surface area (Å²) in [7, 11) is 0. The van der Waals surface area contributed by atoms with Crippen molar-refractivity contribution in [3.8, 4) is 5.75 Å². The minimum absolute atomic E-state index is 0.128. The lowest BCUT2D eigenvalue weighted by molar-refractivity contribution is -0.149. The maximum atomic E-state index is 14.9. The van der Waals surface area contributed by atoms with Gasteiger partial charge in [-0.15, -0.1) is 0 Å². The third-order valence-electron chi connectivity index (χ3n) is 10.3. The average molecular weight is 648 g/mol. The Labute approximate surface area is 275 Å². The van der Waals surface area contributed by atoms with E-state index in [4.69, 9.17) is 21.1 Å². The number of rotatable bonds is 8. The van der Waals surface area contributed by atoms with Gasteiger partial charge < -0.3 is 29.3 Å². The number of benzene rings is 2. The molecule has 244 valence electrons. The van der Waals surface area contributed by atoms with Crippen molar-refractivity contribution in [1.29, 1.82) is 0 Å². The molecule has 2 saturated heterocycles. The first-order valence-electron chi connectivity index (χ1n) is 16.1. The van der Waals surface area contributed by atoms with Crippen LogP contribution in [0.3, 0.4) is 0 Å². The van der Waals surface area contributed by atoms with Crippen molar-refractivity contribution in [2.24, 2.45) is 17.8 Å². The number of carbonyl (C=O) groups is 3. The Bertz CT molecular complexity index is 1570. The van der Waals surface area contributed by atoms with Crippen molar-refractivity contribution in [2.45, 2.75) is 64.3 Å². The molecule has 0 radical (unpaired) electrons. The minimum atomic E-state index is -1.46. The van der Waals surface area contributed by atoms with E-state index in [1.165, 1.54) is 4.90 Å². The molecule has 46 heavy (non-hydrogen) atoms. The molecule has 6 rings (SSSR count). The van der Waals surface area contributed by atoms with Gasteiger partial charge in [0, 0.05) is 18.8 Å². The van der Waals surface area contributed by atoms with Crippen molar-refractivity contribution in [2.75, 3.05) is 36.1 Å². The summed E-state index contributed by atoms with van der Waals surface area (Å²) in [5.74, 6) is -2.37. The highest BCUT2D eigenvalue weighted by molar-refractivity contribution is 6.34. The Balaban J connectivity index is 1.49. The normalized spacial score (nSPS) is 30.1. The number of amides is 3. The lowest BCUT2D eigenvalue weighted by Crippen LogP contribution is -2.60. The second-order valence-corrected chi connectivity index (χ2v) is 13.3. The van der Waals surface area contributed by atoms with Gasteiger partial charge in [-0.1, -0.05) is 68.3 Å². The number of likely N-dealkylation sites (tertiary alicyclic amines) is 1. The fourth-order valence-electron chi connectivity index (χ4n) is 7.92. The van der Waals surface area contributed by atoms with Gasteiger partial charge in [-0.25, -0.2) is 0 Å². The third-order valence-corrected chi connectivity index (χ3v) is 10.6. The van der Waals surface area contributed by atoms with Crippen LogP contribution >= 0.6 is 11.6 Å². The van der Waals surface area contributed by atoms with E-state index in [9.17, 15) is 19.5 Å². The van der Waals surface area contributed by atoms with Crippen molar-refractivity contribution < 1.29 is 29.0 Å². The predicted molar refractivity (Wildman–Crippen MR) is 177 cm³/mol. The molecule has 0 saturated carbocycles. The number of ether oxygens (including phenoxy) is 2. The van der Waals surface area contributed by atoms with Gasteiger partial charge in [-0.3, -0.25) is 14.4 Å². The summed E-state index contributed by atoms with van der Waals surface area (Å²) < 4.78 is 12.6. The third kappa shape index (κ3) is 4.86. The fraction of sp³-hybridized carbons (Fsp3) is 0.472. The van der Waals surface area contributed by atoms with Crippen LogP contribution in [-0.4, -0.2) is 77.3 Å². The number of aryl methyl sites for hydroxylation is 1. The van der Waals surface area contributed by atoms with E-state index >= 15 is 0 Å². The number of hydrogen-bond donors (Lipinski definition) is 1. The molecule has 9 nitrogen and oxygen atoms in total. The molecule has 2 aromatic rings. The van der Waals surface area contributed by atoms with Crippen LogP contribution in [0.5, 0.6) is 5.75 Å². The highest BCUT2D eigenvalue weighted by Gasteiger charge is 2.75. The summed E-state index contributed by atoms with van der Waals surface area (Å²) in [5.41, 5.74) is -0.589. The van der Waals surface area contributed by atoms with Gasteiger partial charge in [0.1, 0.15) is 17.4 Å². The molecule has 3 amide bonds. The average Bonchev–Trinajstić information content (AvgIpc) is 3.30. The number of para-hydroxylation sites is 1. The number of aliphatic hydroxyl groups excluding tert-OH is 1. The molecule has 1 unspecified atom stereocenters. The van der Waals surface area contributed by atoms with Crippen LogP contribution < -0.4 is 14.5 Å². The number of hydrogen-bond acceptors (Lipinski definition) is 6. The number of fused-ring (bicyclic) bond motifs is 2. The molecule has 0 aromatic heterocycles. The quantitative estimate of drug-likeness (QED) is 0.408. The van der Waals surface area contributed by atoms with Crippen molar-refractivity contribution in [3.63, 3.8) is 0 Å². The standard InChI is InChI=1S/C36H42ClN3O6/c1-6-22(3)27(21-41)40-31-34(44)39(30-23(4)11-8-12-26(30)37)20-10-18-36(31)29(33(40)43)28-32(42)38(19-9-17-35(28,5)46-36)24-13-15-25(16-14-24)45-7-2/h8-18,22,27-29,31,41H,6-7,19-21H2,1-5H3/t22-,27-,28-,29-,31?,35+,36-/m0/s1. The first-order chi connectivity index (χ1) is 22.0. The summed E-state index contributed by atoms with van der Waals surface area (Å²) in [6.45, 7) is 10.3. The van der Waals surface area contributed by atoms with Crippen LogP contribution in [0.1, 0.15) is 39.7 Å². The van der Waals surface area contributed by atoms with E-state index in [1.807, 2.05) is 95.3 Å². The van der Waals surface area contributed by atoms with E-state index in [2.05, 4.69) is 0 Å². The number of aliphatic hydroxyl groups is 1. The van der Waals surface area contributed by atoms with Gasteiger partial charge in [0.15, 0.2) is 0 Å². The maximum Gasteiger partial charge on any atom is 0.253 e. The monoisotopic (exact) mass is 647 g/mol. The minimum Gasteiger partial charge on any atom is -0.494 e. The van der Waals surface area contributed by atoms with Crippen molar-refractivity contribution in [3.05, 3.63) is 77.4 Å². The van der Waals surface area contributed by atoms with Crippen molar-refractivity contribution in [1.82, 2.24) is 4.90 Å². The van der Waals surface area contributed by atoms with Crippen LogP contribution in [0.4, 0.5) is 11.4 Å². The Morgan fingerprint density at radius 2 is 1.67 bits per heavy atom. The Morgan fingerprint density at radius 3 is 2.33 bits per heavy atom. The Kier molecular flexibility index (Phi) is 8.54. The number of halogens is 1. The highest BCUT2D eigenvalue weighted by atomic mass is 35.5. The summed E-state index contributed by atoms with van der Waals surface area (Å²) in [6.07, 6.45) is 8.09.